The minimum atomic E-state index is 0.302. The fraction of sp³-hybridized carbons (Fsp3) is 0.900. The zero-order chi connectivity index (χ0) is 9.97. The van der Waals surface area contributed by atoms with E-state index in [1.165, 1.54) is 0 Å². The Bertz CT molecular complexity index is 216. The van der Waals surface area contributed by atoms with Crippen molar-refractivity contribution in [3.8, 4) is 0 Å². The molecule has 2 atom stereocenters. The van der Waals surface area contributed by atoms with Crippen molar-refractivity contribution in [2.45, 2.75) is 12.8 Å². The van der Waals surface area contributed by atoms with Crippen LogP contribution in [-0.2, 0) is 9.53 Å². The molecular weight excluding hydrogens is 198 g/mol. The molecule has 0 bridgehead atoms. The van der Waals surface area contributed by atoms with Crippen LogP contribution in [0.2, 0.25) is 0 Å². The molecule has 0 aromatic heterocycles. The topological polar surface area (TPSA) is 29.5 Å². The van der Waals surface area contributed by atoms with Crippen molar-refractivity contribution >= 4 is 18.5 Å². The lowest BCUT2D eigenvalue weighted by atomic mass is 10.1. The van der Waals surface area contributed by atoms with Crippen molar-refractivity contribution in [1.82, 2.24) is 4.90 Å². The number of thiol groups is 1. The molecule has 2 rings (SSSR count). The summed E-state index contributed by atoms with van der Waals surface area (Å²) in [5.74, 6) is 2.16. The van der Waals surface area contributed by atoms with Crippen LogP contribution < -0.4 is 0 Å². The number of amides is 1. The highest BCUT2D eigenvalue weighted by atomic mass is 32.1. The predicted molar refractivity (Wildman–Crippen MR) is 57.5 cm³/mol. The van der Waals surface area contributed by atoms with E-state index in [9.17, 15) is 4.79 Å². The second-order valence-electron chi connectivity index (χ2n) is 4.28. The molecule has 0 spiro atoms. The van der Waals surface area contributed by atoms with Gasteiger partial charge in [0.05, 0.1) is 6.61 Å². The summed E-state index contributed by atoms with van der Waals surface area (Å²) in [7, 11) is 0. The quantitative estimate of drug-likeness (QED) is 0.706. The summed E-state index contributed by atoms with van der Waals surface area (Å²) in [5, 5.41) is 0. The Kier molecular flexibility index (Phi) is 3.34. The molecule has 0 aliphatic carbocycles. The molecule has 80 valence electrons. The van der Waals surface area contributed by atoms with Crippen molar-refractivity contribution in [3.63, 3.8) is 0 Å². The summed E-state index contributed by atoms with van der Waals surface area (Å²) in [5.41, 5.74) is 0. The van der Waals surface area contributed by atoms with Gasteiger partial charge in [-0.15, -0.1) is 0 Å². The van der Waals surface area contributed by atoms with Crippen LogP contribution in [0.1, 0.15) is 12.8 Å². The Morgan fingerprint density at radius 1 is 1.50 bits per heavy atom. The molecule has 2 unspecified atom stereocenters. The Labute approximate surface area is 90.2 Å². The van der Waals surface area contributed by atoms with Crippen molar-refractivity contribution < 1.29 is 9.53 Å². The number of rotatable bonds is 3. The number of hydrogen-bond acceptors (Lipinski definition) is 3. The number of ether oxygens (including phenoxy) is 1. The Morgan fingerprint density at radius 3 is 2.93 bits per heavy atom. The third kappa shape index (κ3) is 2.23. The van der Waals surface area contributed by atoms with E-state index in [0.717, 1.165) is 38.5 Å². The molecule has 3 nitrogen and oxygen atoms in total. The lowest BCUT2D eigenvalue weighted by Crippen LogP contribution is -2.31. The van der Waals surface area contributed by atoms with Crippen molar-refractivity contribution in [2.75, 3.05) is 32.1 Å². The number of nitrogens with zero attached hydrogens (tertiary/aromatic N) is 1. The third-order valence-electron chi connectivity index (χ3n) is 3.06. The van der Waals surface area contributed by atoms with Gasteiger partial charge in [-0.25, -0.2) is 0 Å². The largest absolute Gasteiger partial charge is 0.381 e. The fourth-order valence-corrected chi connectivity index (χ4v) is 2.44. The Morgan fingerprint density at radius 2 is 2.36 bits per heavy atom. The monoisotopic (exact) mass is 215 g/mol. The van der Waals surface area contributed by atoms with Crippen LogP contribution in [0, 0.1) is 11.8 Å². The molecule has 0 radical (unpaired) electrons. The van der Waals surface area contributed by atoms with E-state index < -0.39 is 0 Å². The molecule has 4 heteroatoms. The number of carbonyl (C=O) groups is 1. The summed E-state index contributed by atoms with van der Waals surface area (Å²) in [6, 6.07) is 0. The first-order valence-electron chi connectivity index (χ1n) is 5.26. The average Bonchev–Trinajstić information content (AvgIpc) is 2.78. The van der Waals surface area contributed by atoms with Gasteiger partial charge in [-0.3, -0.25) is 4.79 Å². The molecule has 2 aliphatic heterocycles. The van der Waals surface area contributed by atoms with Crippen LogP contribution in [-0.4, -0.2) is 42.9 Å². The SMILES string of the molecule is O=C1CC(CS)CN1CC1CCOC1. The highest BCUT2D eigenvalue weighted by Gasteiger charge is 2.30. The summed E-state index contributed by atoms with van der Waals surface area (Å²) in [6.45, 7) is 3.49. The maximum absolute atomic E-state index is 11.6. The van der Waals surface area contributed by atoms with Gasteiger partial charge in [0.25, 0.3) is 0 Å². The van der Waals surface area contributed by atoms with Gasteiger partial charge in [0.2, 0.25) is 5.91 Å². The standard InChI is InChI=1S/C10H17NO2S/c12-10-3-9(7-14)5-11(10)4-8-1-2-13-6-8/h8-9,14H,1-7H2. The fourth-order valence-electron chi connectivity index (χ4n) is 2.19. The maximum Gasteiger partial charge on any atom is 0.222 e. The molecule has 1 amide bonds. The number of hydrogen-bond donors (Lipinski definition) is 1. The van der Waals surface area contributed by atoms with Crippen LogP contribution in [0.25, 0.3) is 0 Å². The van der Waals surface area contributed by atoms with Crippen molar-refractivity contribution in [3.05, 3.63) is 0 Å². The zero-order valence-electron chi connectivity index (χ0n) is 8.32. The molecule has 0 N–H and O–H groups in total. The van der Waals surface area contributed by atoms with Crippen LogP contribution in [0.4, 0.5) is 0 Å². The lowest BCUT2D eigenvalue weighted by molar-refractivity contribution is -0.128. The summed E-state index contributed by atoms with van der Waals surface area (Å²) >= 11 is 4.24. The first-order chi connectivity index (χ1) is 6.79. The van der Waals surface area contributed by atoms with Gasteiger partial charge in [-0.1, -0.05) is 0 Å². The zero-order valence-corrected chi connectivity index (χ0v) is 9.21. The summed E-state index contributed by atoms with van der Waals surface area (Å²) < 4.78 is 5.30. The predicted octanol–water partition coefficient (Wildman–Crippen LogP) is 0.801. The van der Waals surface area contributed by atoms with Crippen LogP contribution in [0.15, 0.2) is 0 Å². The second-order valence-corrected chi connectivity index (χ2v) is 4.65. The highest BCUT2D eigenvalue weighted by molar-refractivity contribution is 7.80. The average molecular weight is 215 g/mol. The lowest BCUT2D eigenvalue weighted by Gasteiger charge is -2.19. The Balaban J connectivity index is 1.82. The van der Waals surface area contributed by atoms with E-state index in [-0.39, 0.29) is 0 Å². The maximum atomic E-state index is 11.6. The summed E-state index contributed by atoms with van der Waals surface area (Å²) in [6.07, 6.45) is 1.80. The first kappa shape index (κ1) is 10.3. The van der Waals surface area contributed by atoms with Gasteiger partial charge in [0.15, 0.2) is 0 Å². The molecule has 0 aromatic rings. The minimum absolute atomic E-state index is 0.302. The number of likely N-dealkylation sites (tertiary alicyclic amines) is 1. The second kappa shape index (κ2) is 4.53. The van der Waals surface area contributed by atoms with Crippen molar-refractivity contribution in [1.29, 1.82) is 0 Å². The van der Waals surface area contributed by atoms with Crippen LogP contribution >= 0.6 is 12.6 Å². The highest BCUT2D eigenvalue weighted by Crippen LogP contribution is 2.22. The van der Waals surface area contributed by atoms with E-state index in [2.05, 4.69) is 12.6 Å². The minimum Gasteiger partial charge on any atom is -0.381 e. The van der Waals surface area contributed by atoms with E-state index in [4.69, 9.17) is 4.74 Å². The number of carbonyl (C=O) groups excluding carboxylic acids is 1. The van der Waals surface area contributed by atoms with Crippen molar-refractivity contribution in [2.24, 2.45) is 11.8 Å². The molecule has 2 saturated heterocycles. The molecule has 0 saturated carbocycles. The molecule has 2 heterocycles. The van der Waals surface area contributed by atoms with Gasteiger partial charge >= 0.3 is 0 Å². The molecule has 14 heavy (non-hydrogen) atoms. The van der Waals surface area contributed by atoms with Crippen LogP contribution in [0.3, 0.4) is 0 Å². The van der Waals surface area contributed by atoms with Crippen LogP contribution in [0.5, 0.6) is 0 Å². The van der Waals surface area contributed by atoms with E-state index in [1.54, 1.807) is 0 Å². The van der Waals surface area contributed by atoms with Gasteiger partial charge < -0.3 is 9.64 Å². The van der Waals surface area contributed by atoms with Gasteiger partial charge in [-0.05, 0) is 18.1 Å². The smallest absolute Gasteiger partial charge is 0.222 e. The molecule has 2 fully saturated rings. The molecular formula is C10H17NO2S. The van der Waals surface area contributed by atoms with Gasteiger partial charge in [0, 0.05) is 32.0 Å². The first-order valence-corrected chi connectivity index (χ1v) is 5.89. The van der Waals surface area contributed by atoms with E-state index in [1.807, 2.05) is 4.90 Å². The Hall–Kier alpha value is -0.220. The van der Waals surface area contributed by atoms with Gasteiger partial charge in [-0.2, -0.15) is 12.6 Å². The van der Waals surface area contributed by atoms with E-state index in [0.29, 0.717) is 24.2 Å². The van der Waals surface area contributed by atoms with Gasteiger partial charge in [0.1, 0.15) is 0 Å². The van der Waals surface area contributed by atoms with E-state index >= 15 is 0 Å². The summed E-state index contributed by atoms with van der Waals surface area (Å²) in [4.78, 5) is 13.6. The molecule has 2 aliphatic rings. The molecule has 0 aromatic carbocycles. The third-order valence-corrected chi connectivity index (χ3v) is 3.57. The normalized spacial score (nSPS) is 32.9.